The van der Waals surface area contributed by atoms with Gasteiger partial charge in [-0.1, -0.05) is 146 Å². The van der Waals surface area contributed by atoms with E-state index < -0.39 is 7.92 Å². The van der Waals surface area contributed by atoms with E-state index in [-0.39, 0.29) is 0 Å². The van der Waals surface area contributed by atoms with Crippen LogP contribution in [0.4, 0.5) is 0 Å². The van der Waals surface area contributed by atoms with Gasteiger partial charge < -0.3 is 4.74 Å². The zero-order valence-corrected chi connectivity index (χ0v) is 25.2. The van der Waals surface area contributed by atoms with Crippen molar-refractivity contribution in [1.82, 2.24) is 0 Å². The van der Waals surface area contributed by atoms with Gasteiger partial charge >= 0.3 is 0 Å². The maximum atomic E-state index is 5.41. The summed E-state index contributed by atoms with van der Waals surface area (Å²) in [5.41, 5.74) is 5.41. The van der Waals surface area contributed by atoms with Crippen LogP contribution in [0.15, 0.2) is 158 Å². The van der Waals surface area contributed by atoms with Gasteiger partial charge in [-0.2, -0.15) is 0 Å². The maximum absolute atomic E-state index is 5.41. The van der Waals surface area contributed by atoms with E-state index in [1.165, 1.54) is 59.7 Å². The summed E-state index contributed by atoms with van der Waals surface area (Å²) in [7, 11) is 0.916. The predicted octanol–water partition coefficient (Wildman–Crippen LogP) is 9.21. The fourth-order valence-electron chi connectivity index (χ4n) is 6.18. The number of hydrogen-bond acceptors (Lipinski definition) is 1. The molecule has 0 bridgehead atoms. The highest BCUT2D eigenvalue weighted by atomic mass is 31.1. The van der Waals surface area contributed by atoms with Gasteiger partial charge in [0.15, 0.2) is 0 Å². The van der Waals surface area contributed by atoms with E-state index in [9.17, 15) is 0 Å². The summed E-state index contributed by atoms with van der Waals surface area (Å²) in [6.07, 6.45) is 1.91. The molecule has 0 spiro atoms. The minimum absolute atomic E-state index is 0.804. The lowest BCUT2D eigenvalue weighted by Crippen LogP contribution is -2.22. The molecule has 0 unspecified atom stereocenters. The number of methoxy groups -OCH3 is 1. The molecule has 0 radical (unpaired) electrons. The molecule has 0 aliphatic rings. The van der Waals surface area contributed by atoms with Gasteiger partial charge in [0.2, 0.25) is 0 Å². The SMILES string of the molecule is COc1ccc(CCc2ccc3ccccc3c2-c2c(P(c3ccccc3)c3ccccc3)ccc3ccccc23)cc1. The van der Waals surface area contributed by atoms with Crippen molar-refractivity contribution in [2.75, 3.05) is 7.11 Å². The molecule has 7 aromatic carbocycles. The molecule has 0 amide bonds. The third kappa shape index (κ3) is 5.45. The molecule has 7 rings (SSSR count). The van der Waals surface area contributed by atoms with Gasteiger partial charge in [0.1, 0.15) is 5.75 Å². The van der Waals surface area contributed by atoms with Crippen molar-refractivity contribution in [3.63, 3.8) is 0 Å². The molecule has 43 heavy (non-hydrogen) atoms. The van der Waals surface area contributed by atoms with E-state index in [0.29, 0.717) is 0 Å². The maximum Gasteiger partial charge on any atom is 0.118 e. The average Bonchev–Trinajstić information content (AvgIpc) is 3.08. The van der Waals surface area contributed by atoms with Gasteiger partial charge in [-0.3, -0.25) is 0 Å². The third-order valence-corrected chi connectivity index (χ3v) is 10.8. The predicted molar refractivity (Wildman–Crippen MR) is 186 cm³/mol. The molecule has 208 valence electrons. The molecule has 0 heterocycles. The first-order chi connectivity index (χ1) is 21.3. The highest BCUT2D eigenvalue weighted by Gasteiger charge is 2.24. The van der Waals surface area contributed by atoms with Crippen LogP contribution in [-0.4, -0.2) is 7.11 Å². The highest BCUT2D eigenvalue weighted by molar-refractivity contribution is 7.80. The lowest BCUT2D eigenvalue weighted by Gasteiger charge is -2.26. The van der Waals surface area contributed by atoms with Gasteiger partial charge in [-0.05, 0) is 92.6 Å². The van der Waals surface area contributed by atoms with Crippen molar-refractivity contribution in [2.24, 2.45) is 0 Å². The van der Waals surface area contributed by atoms with Gasteiger partial charge in [-0.25, -0.2) is 0 Å². The monoisotopic (exact) mass is 572 g/mol. The zero-order valence-electron chi connectivity index (χ0n) is 24.3. The van der Waals surface area contributed by atoms with Crippen LogP contribution < -0.4 is 20.7 Å². The number of aryl methyl sites for hydroxylation is 2. The highest BCUT2D eigenvalue weighted by Crippen LogP contribution is 2.43. The number of ether oxygens (including phenoxy) is 1. The molecule has 0 aliphatic carbocycles. The van der Waals surface area contributed by atoms with Crippen molar-refractivity contribution < 1.29 is 4.74 Å². The second-order valence-electron chi connectivity index (χ2n) is 10.9. The third-order valence-electron chi connectivity index (χ3n) is 8.28. The van der Waals surface area contributed by atoms with Crippen LogP contribution in [0.25, 0.3) is 32.7 Å². The van der Waals surface area contributed by atoms with Crippen molar-refractivity contribution >= 4 is 45.4 Å². The molecule has 0 aromatic heterocycles. The van der Waals surface area contributed by atoms with E-state index in [4.69, 9.17) is 4.74 Å². The number of benzene rings is 7. The summed E-state index contributed by atoms with van der Waals surface area (Å²) >= 11 is 0. The molecule has 0 N–H and O–H groups in total. The Morgan fingerprint density at radius 1 is 0.465 bits per heavy atom. The smallest absolute Gasteiger partial charge is 0.118 e. The Morgan fingerprint density at radius 2 is 1.00 bits per heavy atom. The van der Waals surface area contributed by atoms with Crippen LogP contribution >= 0.6 is 7.92 Å². The minimum Gasteiger partial charge on any atom is -0.497 e. The first-order valence-electron chi connectivity index (χ1n) is 14.9. The minimum atomic E-state index is -0.804. The molecule has 0 atom stereocenters. The average molecular weight is 573 g/mol. The summed E-state index contributed by atoms with van der Waals surface area (Å²) in [6.45, 7) is 0. The molecule has 0 fully saturated rings. The largest absolute Gasteiger partial charge is 0.497 e. The Kier molecular flexibility index (Phi) is 7.74. The van der Waals surface area contributed by atoms with Gasteiger partial charge in [0.25, 0.3) is 0 Å². The number of fused-ring (bicyclic) bond motifs is 2. The van der Waals surface area contributed by atoms with E-state index >= 15 is 0 Å². The second-order valence-corrected chi connectivity index (χ2v) is 13.0. The number of hydrogen-bond donors (Lipinski definition) is 0. The lowest BCUT2D eigenvalue weighted by atomic mass is 9.88. The lowest BCUT2D eigenvalue weighted by molar-refractivity contribution is 0.414. The number of rotatable bonds is 8. The van der Waals surface area contributed by atoms with E-state index in [1.54, 1.807) is 7.11 Å². The molecule has 0 saturated heterocycles. The van der Waals surface area contributed by atoms with Crippen LogP contribution in [0.1, 0.15) is 11.1 Å². The van der Waals surface area contributed by atoms with E-state index in [1.807, 2.05) is 0 Å². The van der Waals surface area contributed by atoms with Crippen LogP contribution in [0.5, 0.6) is 5.75 Å². The van der Waals surface area contributed by atoms with Gasteiger partial charge in [0, 0.05) is 0 Å². The van der Waals surface area contributed by atoms with Crippen LogP contribution in [-0.2, 0) is 12.8 Å². The standard InChI is InChI=1S/C41H33OP/c1-42-34-27-21-30(22-28-34)20-23-33-25-24-31-12-8-10-18-37(31)40(33)41-38-19-11-9-13-32(38)26-29-39(41)43(35-14-4-2-5-15-35)36-16-6-3-7-17-36/h2-19,21-22,24-29H,20,23H2,1H3. The fourth-order valence-corrected chi connectivity index (χ4v) is 8.66. The zero-order chi connectivity index (χ0) is 29.0. The first kappa shape index (κ1) is 27.1. The summed E-state index contributed by atoms with van der Waals surface area (Å²) in [4.78, 5) is 0. The van der Waals surface area contributed by atoms with E-state index in [0.717, 1.165) is 18.6 Å². The van der Waals surface area contributed by atoms with Gasteiger partial charge in [0.05, 0.1) is 7.11 Å². The van der Waals surface area contributed by atoms with Gasteiger partial charge in [-0.15, -0.1) is 0 Å². The summed E-state index contributed by atoms with van der Waals surface area (Å²) in [5.74, 6) is 0.894. The molecular weight excluding hydrogens is 539 g/mol. The second kappa shape index (κ2) is 12.3. The van der Waals surface area contributed by atoms with Crippen LogP contribution in [0.2, 0.25) is 0 Å². The molecule has 2 heteroatoms. The summed E-state index contributed by atoms with van der Waals surface area (Å²) in [6, 6.07) is 57.8. The first-order valence-corrected chi connectivity index (χ1v) is 16.2. The van der Waals surface area contributed by atoms with Crippen molar-refractivity contribution in [1.29, 1.82) is 0 Å². The summed E-state index contributed by atoms with van der Waals surface area (Å²) < 4.78 is 5.41. The Hall–Kier alpha value is -4.71. The topological polar surface area (TPSA) is 9.23 Å². The molecular formula is C41H33OP. The molecule has 7 aromatic rings. The van der Waals surface area contributed by atoms with E-state index in [2.05, 4.69) is 158 Å². The van der Waals surface area contributed by atoms with Crippen molar-refractivity contribution in [2.45, 2.75) is 12.8 Å². The molecule has 0 aliphatic heterocycles. The van der Waals surface area contributed by atoms with Crippen molar-refractivity contribution in [3.05, 3.63) is 169 Å². The summed E-state index contributed by atoms with van der Waals surface area (Å²) in [5, 5.41) is 9.28. The molecule has 0 saturated carbocycles. The Bertz CT molecular complexity index is 1960. The Labute approximate surface area is 255 Å². The quantitative estimate of drug-likeness (QED) is 0.165. The Balaban J connectivity index is 1.50. The van der Waals surface area contributed by atoms with Crippen molar-refractivity contribution in [3.8, 4) is 16.9 Å². The molecule has 1 nitrogen and oxygen atoms in total. The Morgan fingerprint density at radius 3 is 1.60 bits per heavy atom. The normalized spacial score (nSPS) is 11.3. The van der Waals surface area contributed by atoms with Crippen LogP contribution in [0, 0.1) is 0 Å². The van der Waals surface area contributed by atoms with Crippen LogP contribution in [0.3, 0.4) is 0 Å². The fraction of sp³-hybridized carbons (Fsp3) is 0.0732.